The van der Waals surface area contributed by atoms with Gasteiger partial charge in [-0.25, -0.2) is 0 Å². The first kappa shape index (κ1) is 28.8. The average molecular weight is 572 g/mol. The Bertz CT molecular complexity index is 1240. The molecule has 6 heteroatoms. The first-order valence-corrected chi connectivity index (χ1v) is 17.0. The Hall–Kier alpha value is -1.80. The molecule has 0 saturated heterocycles. The van der Waals surface area contributed by atoms with E-state index in [0.29, 0.717) is 14.3 Å². The van der Waals surface area contributed by atoms with E-state index < -0.39 is 17.0 Å². The summed E-state index contributed by atoms with van der Waals surface area (Å²) < 4.78 is 0. The summed E-state index contributed by atoms with van der Waals surface area (Å²) in [5.41, 5.74) is 6.66. The Balaban J connectivity index is 0.00000115. The predicted molar refractivity (Wildman–Crippen MR) is 157 cm³/mol. The zero-order chi connectivity index (χ0) is 26.3. The number of aryl methyl sites for hydroxylation is 2. The molecule has 1 atom stereocenters. The Morgan fingerprint density at radius 2 is 1.31 bits per heavy atom. The number of rotatable bonds is 5. The summed E-state index contributed by atoms with van der Waals surface area (Å²) in [5, 5.41) is 13.5. The molecule has 1 unspecified atom stereocenters. The van der Waals surface area contributed by atoms with Crippen molar-refractivity contribution < 1.29 is 22.1 Å². The number of para-hydroxylation sites is 2. The molecule has 0 radical (unpaired) electrons. The van der Waals surface area contributed by atoms with Gasteiger partial charge in [0.1, 0.15) is 5.75 Å². The van der Waals surface area contributed by atoms with Crippen molar-refractivity contribution in [1.29, 1.82) is 0 Å². The predicted octanol–water partition coefficient (Wildman–Crippen LogP) is 8.78. The van der Waals surface area contributed by atoms with Crippen LogP contribution in [0.5, 0.6) is 5.75 Å². The summed E-state index contributed by atoms with van der Waals surface area (Å²) in [7, 11) is 10.1. The molecule has 0 aromatic heterocycles. The van der Waals surface area contributed by atoms with Gasteiger partial charge in [0.25, 0.3) is 0 Å². The Kier molecular flexibility index (Phi) is 10.5. The van der Waals surface area contributed by atoms with Crippen LogP contribution in [0.15, 0.2) is 91.0 Å². The Morgan fingerprint density at radius 1 is 0.778 bits per heavy atom. The maximum absolute atomic E-state index is 11.3. The Labute approximate surface area is 234 Å². The second-order valence-electron chi connectivity index (χ2n) is 9.63. The fraction of sp³-hybridized carbons (Fsp3) is 0.200. The number of benzene rings is 4. The molecule has 0 saturated carbocycles. The van der Waals surface area contributed by atoms with E-state index in [4.69, 9.17) is 18.6 Å². The second kappa shape index (κ2) is 13.1. The fourth-order valence-corrected chi connectivity index (χ4v) is 5.59. The molecule has 4 aromatic rings. The van der Waals surface area contributed by atoms with Gasteiger partial charge in [-0.1, -0.05) is 83.9 Å². The van der Waals surface area contributed by atoms with E-state index >= 15 is 0 Å². The van der Waals surface area contributed by atoms with E-state index in [2.05, 4.69) is 118 Å². The average Bonchev–Trinajstić information content (AvgIpc) is 2.84. The van der Waals surface area contributed by atoms with Gasteiger partial charge in [-0.3, -0.25) is 0 Å². The molecule has 0 aliphatic heterocycles. The number of hydrogen-bond donors (Lipinski definition) is 1. The van der Waals surface area contributed by atoms with Crippen LogP contribution in [-0.4, -0.2) is 5.11 Å². The van der Waals surface area contributed by atoms with Gasteiger partial charge in [-0.2, -0.15) is 0 Å². The molecule has 1 N–H and O–H groups in total. The quantitative estimate of drug-likeness (QED) is 0.191. The number of anilines is 3. The summed E-state index contributed by atoms with van der Waals surface area (Å²) in [6.07, 6.45) is 0. The number of phenols is 1. The van der Waals surface area contributed by atoms with Gasteiger partial charge >= 0.3 is 35.6 Å². The van der Waals surface area contributed by atoms with Crippen LogP contribution < -0.4 is 15.5 Å². The molecule has 0 fully saturated rings. The van der Waals surface area contributed by atoms with E-state index in [1.54, 1.807) is 0 Å². The zero-order valence-electron chi connectivity index (χ0n) is 21.3. The van der Waals surface area contributed by atoms with Crippen LogP contribution >= 0.6 is 27.2 Å². The van der Waals surface area contributed by atoms with Crippen molar-refractivity contribution in [3.8, 4) is 5.75 Å². The van der Waals surface area contributed by atoms with Crippen molar-refractivity contribution in [3.05, 3.63) is 108 Å². The monoisotopic (exact) mass is 571 g/mol. The molecule has 0 bridgehead atoms. The Morgan fingerprint density at radius 3 is 1.81 bits per heavy atom. The minimum atomic E-state index is -0.556. The molecular formula is C30H32Cl2NOPTi. The van der Waals surface area contributed by atoms with Crippen molar-refractivity contribution >= 4 is 54.9 Å². The molecule has 0 aliphatic carbocycles. The van der Waals surface area contributed by atoms with E-state index in [1.807, 2.05) is 12.1 Å². The fourth-order valence-electron chi connectivity index (χ4n) is 4.16. The van der Waals surface area contributed by atoms with Crippen LogP contribution in [0.2, 0.25) is 0 Å². The van der Waals surface area contributed by atoms with Crippen molar-refractivity contribution in [2.75, 3.05) is 4.90 Å². The molecule has 0 aliphatic rings. The van der Waals surface area contributed by atoms with Crippen LogP contribution in [0.3, 0.4) is 0 Å². The molecule has 186 valence electrons. The molecule has 36 heavy (non-hydrogen) atoms. The molecule has 2 nitrogen and oxygen atoms in total. The van der Waals surface area contributed by atoms with E-state index in [9.17, 15) is 5.11 Å². The topological polar surface area (TPSA) is 23.5 Å². The SMILES string of the molecule is Cc1cc(Pc2c(C)cccc2N(c2ccccc2)c2ccccc2)c(O)c(C(C)(C)C)c1.[Cl][Ti][Cl]. The summed E-state index contributed by atoms with van der Waals surface area (Å²) in [6.45, 7) is 10.7. The first-order chi connectivity index (χ1) is 17.2. The van der Waals surface area contributed by atoms with E-state index in [1.165, 1.54) is 16.4 Å². The third-order valence-corrected chi connectivity index (χ3v) is 7.39. The number of phenolic OH excluding ortho intramolecular Hbond substituents is 1. The molecule has 4 aromatic carbocycles. The van der Waals surface area contributed by atoms with E-state index in [0.717, 1.165) is 27.9 Å². The van der Waals surface area contributed by atoms with Crippen molar-refractivity contribution in [3.63, 3.8) is 0 Å². The summed E-state index contributed by atoms with van der Waals surface area (Å²) >= 11 is -0.556. The normalized spacial score (nSPS) is 11.2. The molecule has 0 amide bonds. The summed E-state index contributed by atoms with van der Waals surface area (Å²) in [6, 6.07) is 31.7. The summed E-state index contributed by atoms with van der Waals surface area (Å²) in [5.74, 6) is 0.423. The van der Waals surface area contributed by atoms with E-state index in [-0.39, 0.29) is 5.41 Å². The zero-order valence-corrected chi connectivity index (χ0v) is 25.4. The molecule has 0 spiro atoms. The molecule has 0 heterocycles. The standard InChI is InChI=1S/C30H32NOP.2ClH.Ti/c1-21-19-25(30(3,4)5)28(32)27(20-21)33-29-22(2)13-12-18-26(29)31(23-14-8-6-9-15-23)24-16-10-7-11-17-24;;;/h6-20,32-33H,1-5H3;2*1H;/q;;;+2/p-2. The maximum atomic E-state index is 11.3. The number of aromatic hydroxyl groups is 1. The number of nitrogens with zero attached hydrogens (tertiary/aromatic N) is 1. The van der Waals surface area contributed by atoms with Crippen LogP contribution in [0.4, 0.5) is 17.1 Å². The van der Waals surface area contributed by atoms with Gasteiger partial charge in [0.05, 0.1) is 5.69 Å². The number of halogens is 2. The van der Waals surface area contributed by atoms with Crippen molar-refractivity contribution in [1.82, 2.24) is 0 Å². The van der Waals surface area contributed by atoms with Gasteiger partial charge in [0.15, 0.2) is 0 Å². The number of hydrogen-bond acceptors (Lipinski definition) is 2. The first-order valence-electron chi connectivity index (χ1n) is 11.7. The third-order valence-electron chi connectivity index (χ3n) is 5.84. The second-order valence-corrected chi connectivity index (χ2v) is 13.5. The van der Waals surface area contributed by atoms with Gasteiger partial charge in [-0.15, -0.1) is 0 Å². The van der Waals surface area contributed by atoms with Crippen LogP contribution in [0, 0.1) is 13.8 Å². The van der Waals surface area contributed by atoms with Crippen molar-refractivity contribution in [2.45, 2.75) is 40.0 Å². The van der Waals surface area contributed by atoms with Crippen LogP contribution in [0.25, 0.3) is 0 Å². The van der Waals surface area contributed by atoms with Crippen LogP contribution in [0.1, 0.15) is 37.5 Å². The molecular weight excluding hydrogens is 540 g/mol. The van der Waals surface area contributed by atoms with Crippen molar-refractivity contribution in [2.24, 2.45) is 0 Å². The summed E-state index contributed by atoms with van der Waals surface area (Å²) in [4.78, 5) is 2.31. The molecule has 4 rings (SSSR count). The van der Waals surface area contributed by atoms with Gasteiger partial charge < -0.3 is 10.0 Å². The van der Waals surface area contributed by atoms with Crippen LogP contribution in [-0.2, 0) is 22.4 Å². The minimum absolute atomic E-state index is 0.121. The third kappa shape index (κ3) is 7.15. The van der Waals surface area contributed by atoms with Gasteiger partial charge in [0, 0.05) is 27.5 Å². The van der Waals surface area contributed by atoms with Gasteiger partial charge in [0.2, 0.25) is 0 Å². The van der Waals surface area contributed by atoms with Gasteiger partial charge in [-0.05, 0) is 66.8 Å².